The normalized spacial score (nSPS) is 17.7. The van der Waals surface area contributed by atoms with Crippen LogP contribution in [-0.4, -0.2) is 110 Å². The number of pyridine rings is 1. The number of carbonyl (C=O) groups is 3. The zero-order valence-corrected chi connectivity index (χ0v) is 24.6. The van der Waals surface area contributed by atoms with Crippen molar-refractivity contribution in [3.8, 4) is 0 Å². The van der Waals surface area contributed by atoms with Crippen LogP contribution in [0.4, 0.5) is 39.5 Å². The molecule has 0 radical (unpaired) electrons. The fourth-order valence-electron chi connectivity index (χ4n) is 4.02. The van der Waals surface area contributed by atoms with Gasteiger partial charge in [-0.25, -0.2) is 19.4 Å². The van der Waals surface area contributed by atoms with Gasteiger partial charge in [0.2, 0.25) is 0 Å². The van der Waals surface area contributed by atoms with Crippen LogP contribution in [0.3, 0.4) is 0 Å². The van der Waals surface area contributed by atoms with Crippen molar-refractivity contribution in [2.24, 2.45) is 5.92 Å². The Morgan fingerprint density at radius 2 is 1.50 bits per heavy atom. The Hall–Kier alpha value is -3.56. The highest BCUT2D eigenvalue weighted by molar-refractivity contribution is 7.09. The average molecular weight is 701 g/mol. The number of nitrogens with zero attached hydrogens (tertiary/aromatic N) is 4. The molecule has 0 aromatic carbocycles. The highest BCUT2D eigenvalue weighted by Crippen LogP contribution is 2.37. The quantitative estimate of drug-likeness (QED) is 0.364. The summed E-state index contributed by atoms with van der Waals surface area (Å²) in [6.45, 7) is 6.03. The number of thiazole rings is 1. The molecule has 2 aromatic rings. The summed E-state index contributed by atoms with van der Waals surface area (Å²) >= 11 is 1.74. The number of hydrogen-bond donors (Lipinski definition) is 3. The van der Waals surface area contributed by atoms with Crippen LogP contribution in [0.1, 0.15) is 23.4 Å². The molecule has 11 nitrogen and oxygen atoms in total. The molecule has 4 heterocycles. The number of carboxylic acids is 3. The van der Waals surface area contributed by atoms with Gasteiger partial charge in [-0.3, -0.25) is 9.88 Å². The van der Waals surface area contributed by atoms with Crippen molar-refractivity contribution < 1.29 is 74.0 Å². The monoisotopic (exact) mass is 700 g/mol. The average Bonchev–Trinajstić information content (AvgIpc) is 3.42. The van der Waals surface area contributed by atoms with E-state index < -0.39 is 36.4 Å². The van der Waals surface area contributed by atoms with Crippen LogP contribution in [0.25, 0.3) is 0 Å². The Morgan fingerprint density at radius 1 is 0.978 bits per heavy atom. The summed E-state index contributed by atoms with van der Waals surface area (Å²) in [6.07, 6.45) is -7.13. The third-order valence-electron chi connectivity index (χ3n) is 5.97. The number of hydrogen-bond acceptors (Lipinski definition) is 9. The van der Waals surface area contributed by atoms with E-state index >= 15 is 0 Å². The van der Waals surface area contributed by atoms with Gasteiger partial charge in [0, 0.05) is 50.1 Å². The summed E-state index contributed by atoms with van der Waals surface area (Å²) in [4.78, 5) is 40.1. The van der Waals surface area contributed by atoms with Crippen LogP contribution >= 0.6 is 11.3 Å². The second-order valence-corrected chi connectivity index (χ2v) is 10.9. The molecule has 46 heavy (non-hydrogen) atoms. The zero-order chi connectivity index (χ0) is 35.3. The second-order valence-electron chi connectivity index (χ2n) is 9.94. The van der Waals surface area contributed by atoms with E-state index in [1.807, 2.05) is 24.7 Å². The summed E-state index contributed by atoms with van der Waals surface area (Å²) in [7, 11) is 2.19. The predicted molar refractivity (Wildman–Crippen MR) is 140 cm³/mol. The van der Waals surface area contributed by atoms with Crippen LogP contribution in [0, 0.1) is 5.92 Å². The van der Waals surface area contributed by atoms with Gasteiger partial charge in [0.1, 0.15) is 5.01 Å². The largest absolute Gasteiger partial charge is 0.490 e. The highest BCUT2D eigenvalue weighted by atomic mass is 32.1. The first-order valence-corrected chi connectivity index (χ1v) is 13.6. The van der Waals surface area contributed by atoms with E-state index in [2.05, 4.69) is 38.3 Å². The minimum atomic E-state index is -5.08. The molecule has 0 saturated carbocycles. The third-order valence-corrected chi connectivity index (χ3v) is 6.74. The molecule has 2 aliphatic heterocycles. The Morgan fingerprint density at radius 3 is 1.87 bits per heavy atom. The fraction of sp³-hybridized carbons (Fsp3) is 0.560. The van der Waals surface area contributed by atoms with Gasteiger partial charge in [0.15, 0.2) is 0 Å². The Labute approximate surface area is 259 Å². The summed E-state index contributed by atoms with van der Waals surface area (Å²) in [5.74, 6) is -7.63. The van der Waals surface area contributed by atoms with Crippen LogP contribution in [0.5, 0.6) is 0 Å². The van der Waals surface area contributed by atoms with E-state index in [0.717, 1.165) is 39.3 Å². The van der Waals surface area contributed by atoms with E-state index in [9.17, 15) is 39.5 Å². The van der Waals surface area contributed by atoms with E-state index in [0.29, 0.717) is 5.92 Å². The lowest BCUT2D eigenvalue weighted by atomic mass is 9.83. The number of carboxylic acid groups (broad SMARTS) is 3. The maximum atomic E-state index is 10.6. The molecule has 2 saturated heterocycles. The predicted octanol–water partition coefficient (Wildman–Crippen LogP) is 4.55. The van der Waals surface area contributed by atoms with Gasteiger partial charge in [0.05, 0.1) is 18.8 Å². The van der Waals surface area contributed by atoms with Crippen molar-refractivity contribution in [2.45, 2.75) is 50.1 Å². The molecular weight excluding hydrogens is 671 g/mol. The maximum Gasteiger partial charge on any atom is 0.490 e. The molecule has 0 bridgehead atoms. The first kappa shape index (κ1) is 40.5. The molecule has 4 rings (SSSR count). The number of rotatable bonds is 6. The first-order chi connectivity index (χ1) is 21.0. The van der Waals surface area contributed by atoms with Crippen molar-refractivity contribution >= 4 is 29.2 Å². The Kier molecular flexibility index (Phi) is 15.3. The number of likely N-dealkylation sites (tertiary alicyclic amines) is 1. The summed E-state index contributed by atoms with van der Waals surface area (Å²) in [5.41, 5.74) is 1.39. The standard InChI is InChI=1S/C19H26N4OS.3C2HF3O2/c1-22(10-16-3-2-6-20-9-16)11-17-4-5-19(24-13-17)14-23(15-19)12-18-21-7-8-25-18;3*3-2(4,5)1(6)7/h2-3,6-9,17H,4-5,10-15H2,1H3;3*(H,6,7). The molecule has 3 N–H and O–H groups in total. The van der Waals surface area contributed by atoms with Crippen molar-refractivity contribution in [3.05, 3.63) is 46.7 Å². The number of aromatic nitrogens is 2. The minimum Gasteiger partial charge on any atom is -0.475 e. The molecule has 0 aliphatic carbocycles. The summed E-state index contributed by atoms with van der Waals surface area (Å²) in [5, 5.41) is 24.6. The van der Waals surface area contributed by atoms with E-state index in [1.54, 1.807) is 11.3 Å². The van der Waals surface area contributed by atoms with Gasteiger partial charge in [-0.2, -0.15) is 39.5 Å². The Balaban J connectivity index is 0.000000413. The second kappa shape index (κ2) is 17.4. The van der Waals surface area contributed by atoms with E-state index in [1.165, 1.54) is 23.4 Å². The molecule has 2 aliphatic rings. The van der Waals surface area contributed by atoms with Crippen LogP contribution in [-0.2, 0) is 32.2 Å². The SMILES string of the molecule is CN(Cc1cccnc1)CC1CCC2(CN(Cc3nccs3)C2)OC1.O=C(O)C(F)(F)F.O=C(O)C(F)(F)F.O=C(O)C(F)(F)F. The van der Waals surface area contributed by atoms with Gasteiger partial charge in [0.25, 0.3) is 0 Å². The molecule has 1 spiro atoms. The minimum absolute atomic E-state index is 0.121. The topological polar surface area (TPSA) is 153 Å². The number of aliphatic carboxylic acids is 3. The van der Waals surface area contributed by atoms with Crippen LogP contribution in [0.15, 0.2) is 36.1 Å². The van der Waals surface area contributed by atoms with Crippen LogP contribution < -0.4 is 0 Å². The molecular formula is C25H29F9N4O7S. The number of alkyl halides is 9. The van der Waals surface area contributed by atoms with Crippen molar-refractivity contribution in [1.82, 2.24) is 19.8 Å². The number of ether oxygens (including phenoxy) is 1. The van der Waals surface area contributed by atoms with Gasteiger partial charge >= 0.3 is 36.4 Å². The molecule has 260 valence electrons. The lowest BCUT2D eigenvalue weighted by Gasteiger charge is -2.53. The molecule has 1 unspecified atom stereocenters. The fourth-order valence-corrected chi connectivity index (χ4v) is 4.68. The molecule has 2 fully saturated rings. The van der Waals surface area contributed by atoms with Gasteiger partial charge in [-0.15, -0.1) is 11.3 Å². The van der Waals surface area contributed by atoms with Crippen LogP contribution in [0.2, 0.25) is 0 Å². The third kappa shape index (κ3) is 15.6. The molecule has 1 atom stereocenters. The van der Waals surface area contributed by atoms with Gasteiger partial charge in [-0.05, 0) is 37.4 Å². The van der Waals surface area contributed by atoms with E-state index in [4.69, 9.17) is 34.4 Å². The van der Waals surface area contributed by atoms with Gasteiger partial charge in [-0.1, -0.05) is 6.07 Å². The highest BCUT2D eigenvalue weighted by Gasteiger charge is 2.46. The summed E-state index contributed by atoms with van der Waals surface area (Å²) in [6, 6.07) is 4.14. The van der Waals surface area contributed by atoms with Crippen molar-refractivity contribution in [3.63, 3.8) is 0 Å². The number of halogens is 9. The van der Waals surface area contributed by atoms with E-state index in [-0.39, 0.29) is 5.60 Å². The molecule has 2 aromatic heterocycles. The first-order valence-electron chi connectivity index (χ1n) is 12.8. The Bertz CT molecular complexity index is 1160. The smallest absolute Gasteiger partial charge is 0.475 e. The van der Waals surface area contributed by atoms with Gasteiger partial charge < -0.3 is 25.0 Å². The maximum absolute atomic E-state index is 10.6. The molecule has 21 heteroatoms. The van der Waals surface area contributed by atoms with Crippen molar-refractivity contribution in [1.29, 1.82) is 0 Å². The molecule has 0 amide bonds. The lowest BCUT2D eigenvalue weighted by molar-refractivity contribution is -0.193. The van der Waals surface area contributed by atoms with Crippen molar-refractivity contribution in [2.75, 3.05) is 33.3 Å². The summed E-state index contributed by atoms with van der Waals surface area (Å²) < 4.78 is 102. The zero-order valence-electron chi connectivity index (χ0n) is 23.8. The lowest BCUT2D eigenvalue weighted by Crippen LogP contribution is -2.64.